The van der Waals surface area contributed by atoms with Gasteiger partial charge in [0.15, 0.2) is 0 Å². The highest BCUT2D eigenvalue weighted by Crippen LogP contribution is 2.71. The summed E-state index contributed by atoms with van der Waals surface area (Å²) in [5, 5.41) is 0. The minimum atomic E-state index is -1.40. The van der Waals surface area contributed by atoms with Gasteiger partial charge in [-0.1, -0.05) is 109 Å². The summed E-state index contributed by atoms with van der Waals surface area (Å²) < 4.78 is 0. The third-order valence-corrected chi connectivity index (χ3v) is 19.8. The highest BCUT2D eigenvalue weighted by Gasteiger charge is 2.64. The monoisotopic (exact) mass is 494 g/mol. The Morgan fingerprint density at radius 2 is 0.857 bits per heavy atom. The molecule has 0 radical (unpaired) electrons. The van der Waals surface area contributed by atoms with Crippen molar-refractivity contribution in [1.82, 2.24) is 0 Å². The second-order valence-electron chi connectivity index (χ2n) is 14.9. The van der Waals surface area contributed by atoms with E-state index in [4.69, 9.17) is 0 Å². The van der Waals surface area contributed by atoms with Crippen LogP contribution in [0.4, 0.5) is 0 Å². The Hall–Kier alpha value is -0.0431. The molecule has 6 saturated carbocycles. The molecule has 8 unspecified atom stereocenters. The minimum Gasteiger partial charge on any atom is -0.103 e. The minimum absolute atomic E-state index is 1.15. The SMILES string of the molecule is C=CCCCCC[Si](C)(C1C2CCCCC2C2CCCCC21)C1C2CCCCC2C2CCCCC21. The Bertz CT molecular complexity index is 619. The predicted octanol–water partition coefficient (Wildman–Crippen LogP) is 10.8. The van der Waals surface area contributed by atoms with Gasteiger partial charge in [-0.25, -0.2) is 0 Å². The van der Waals surface area contributed by atoms with Crippen LogP contribution in [0.3, 0.4) is 0 Å². The van der Waals surface area contributed by atoms with Crippen LogP contribution in [0.15, 0.2) is 12.7 Å². The van der Waals surface area contributed by atoms with Crippen LogP contribution in [0.5, 0.6) is 0 Å². The molecule has 35 heavy (non-hydrogen) atoms. The third-order valence-electron chi connectivity index (χ3n) is 13.6. The number of rotatable bonds is 8. The third kappa shape index (κ3) is 4.48. The molecule has 8 atom stereocenters. The highest BCUT2D eigenvalue weighted by molar-refractivity contribution is 6.81. The van der Waals surface area contributed by atoms with Crippen LogP contribution >= 0.6 is 0 Å². The first-order valence-corrected chi connectivity index (χ1v) is 19.7. The van der Waals surface area contributed by atoms with E-state index in [0.29, 0.717) is 0 Å². The normalized spacial score (nSPS) is 46.7. The standard InChI is InChI=1S/C34H58Si/c1-3-4-5-6-15-24-35(2,33-29-20-11-7-16-25(29)26-17-8-12-21-30(26)33)34-31-22-13-9-18-27(31)28-19-10-14-23-32(28)34/h3,25-34H,1,4-24H2,2H3. The van der Waals surface area contributed by atoms with Crippen molar-refractivity contribution in [2.24, 2.45) is 47.3 Å². The largest absolute Gasteiger partial charge is 0.103 e. The molecule has 198 valence electrons. The van der Waals surface area contributed by atoms with Gasteiger partial charge >= 0.3 is 0 Å². The molecule has 0 nitrogen and oxygen atoms in total. The lowest BCUT2D eigenvalue weighted by Gasteiger charge is -2.51. The summed E-state index contributed by atoms with van der Waals surface area (Å²) in [6.07, 6.45) is 33.4. The van der Waals surface area contributed by atoms with E-state index >= 15 is 0 Å². The second-order valence-corrected chi connectivity index (χ2v) is 19.7. The van der Waals surface area contributed by atoms with Gasteiger partial charge in [-0.2, -0.15) is 0 Å². The van der Waals surface area contributed by atoms with Gasteiger partial charge in [-0.3, -0.25) is 0 Å². The quantitative estimate of drug-likeness (QED) is 0.179. The van der Waals surface area contributed by atoms with E-state index in [0.717, 1.165) is 47.3 Å². The molecule has 0 aromatic rings. The van der Waals surface area contributed by atoms with Crippen LogP contribution in [0.2, 0.25) is 23.7 Å². The number of unbranched alkanes of at least 4 members (excludes halogenated alkanes) is 3. The van der Waals surface area contributed by atoms with Crippen LogP contribution < -0.4 is 0 Å². The number of hydrogen-bond donors (Lipinski definition) is 0. The Kier molecular flexibility index (Phi) is 7.92. The van der Waals surface area contributed by atoms with Crippen molar-refractivity contribution in [3.63, 3.8) is 0 Å². The van der Waals surface area contributed by atoms with Crippen LogP contribution in [0, 0.1) is 47.3 Å². The average molecular weight is 495 g/mol. The first kappa shape index (κ1) is 25.2. The smallest absolute Gasteiger partial charge is 0.0578 e. The summed E-state index contributed by atoms with van der Waals surface area (Å²) in [5.41, 5.74) is 2.43. The fraction of sp³-hybridized carbons (Fsp3) is 0.941. The van der Waals surface area contributed by atoms with E-state index in [1.54, 1.807) is 115 Å². The zero-order valence-corrected chi connectivity index (χ0v) is 24.4. The average Bonchev–Trinajstić information content (AvgIpc) is 3.42. The van der Waals surface area contributed by atoms with E-state index in [2.05, 4.69) is 19.2 Å². The molecule has 0 spiro atoms. The molecule has 0 heterocycles. The van der Waals surface area contributed by atoms with Gasteiger partial charge < -0.3 is 0 Å². The maximum absolute atomic E-state index is 4.02. The van der Waals surface area contributed by atoms with Crippen molar-refractivity contribution in [2.45, 2.75) is 152 Å². The summed E-state index contributed by atoms with van der Waals surface area (Å²) in [4.78, 5) is 0. The van der Waals surface area contributed by atoms with Crippen molar-refractivity contribution in [3.8, 4) is 0 Å². The second kappa shape index (κ2) is 11.0. The molecule has 0 aromatic carbocycles. The van der Waals surface area contributed by atoms with Gasteiger partial charge in [0.05, 0.1) is 8.07 Å². The van der Waals surface area contributed by atoms with Crippen molar-refractivity contribution >= 4 is 8.07 Å². The van der Waals surface area contributed by atoms with Gasteiger partial charge in [0, 0.05) is 0 Å². The van der Waals surface area contributed by atoms with Crippen molar-refractivity contribution in [1.29, 1.82) is 0 Å². The maximum Gasteiger partial charge on any atom is 0.0578 e. The number of hydrogen-bond acceptors (Lipinski definition) is 0. The zero-order valence-electron chi connectivity index (χ0n) is 23.4. The molecule has 0 amide bonds. The lowest BCUT2D eigenvalue weighted by atomic mass is 9.73. The molecule has 0 saturated heterocycles. The summed E-state index contributed by atoms with van der Waals surface area (Å²) in [6.45, 7) is 7.12. The van der Waals surface area contributed by atoms with E-state index in [1.165, 1.54) is 30.3 Å². The van der Waals surface area contributed by atoms with Gasteiger partial charge in [-0.05, 0) is 97.0 Å². The Labute approximate surface area is 219 Å². The van der Waals surface area contributed by atoms with E-state index < -0.39 is 8.07 Å². The molecule has 0 aromatic heterocycles. The van der Waals surface area contributed by atoms with Crippen LogP contribution in [-0.2, 0) is 0 Å². The lowest BCUT2D eigenvalue weighted by molar-refractivity contribution is 0.184. The molecule has 0 aliphatic heterocycles. The maximum atomic E-state index is 4.02. The Balaban J connectivity index is 1.36. The van der Waals surface area contributed by atoms with E-state index in [9.17, 15) is 0 Å². The molecule has 1 heteroatoms. The first-order valence-electron chi connectivity index (χ1n) is 16.8. The van der Waals surface area contributed by atoms with Crippen LogP contribution in [-0.4, -0.2) is 8.07 Å². The van der Waals surface area contributed by atoms with Crippen LogP contribution in [0.1, 0.15) is 128 Å². The van der Waals surface area contributed by atoms with E-state index in [-0.39, 0.29) is 0 Å². The van der Waals surface area contributed by atoms with Crippen LogP contribution in [0.25, 0.3) is 0 Å². The molecule has 0 N–H and O–H groups in total. The number of fused-ring (bicyclic) bond motifs is 6. The molecular weight excluding hydrogens is 436 g/mol. The highest BCUT2D eigenvalue weighted by atomic mass is 28.3. The van der Waals surface area contributed by atoms with Gasteiger partial charge in [-0.15, -0.1) is 6.58 Å². The fourth-order valence-electron chi connectivity index (χ4n) is 12.8. The summed E-state index contributed by atoms with van der Waals surface area (Å²) in [5.74, 6) is 9.24. The fourth-order valence-corrected chi connectivity index (χ4v) is 20.5. The lowest BCUT2D eigenvalue weighted by Crippen LogP contribution is -2.50. The summed E-state index contributed by atoms with van der Waals surface area (Å²) in [7, 11) is -1.40. The Morgan fingerprint density at radius 1 is 0.514 bits per heavy atom. The summed E-state index contributed by atoms with van der Waals surface area (Å²) in [6, 6.07) is 1.71. The van der Waals surface area contributed by atoms with Crippen molar-refractivity contribution in [2.75, 3.05) is 0 Å². The zero-order chi connectivity index (χ0) is 23.8. The summed E-state index contributed by atoms with van der Waals surface area (Å²) >= 11 is 0. The predicted molar refractivity (Wildman–Crippen MR) is 154 cm³/mol. The molecule has 6 aliphatic rings. The Morgan fingerprint density at radius 3 is 1.20 bits per heavy atom. The first-order chi connectivity index (χ1) is 17.2. The molecule has 6 aliphatic carbocycles. The molecule has 0 bridgehead atoms. The molecule has 6 rings (SSSR count). The van der Waals surface area contributed by atoms with Gasteiger partial charge in [0.2, 0.25) is 0 Å². The molecule has 6 fully saturated rings. The van der Waals surface area contributed by atoms with E-state index in [1.807, 2.05) is 0 Å². The molecular formula is C34H58Si. The van der Waals surface area contributed by atoms with Crippen molar-refractivity contribution < 1.29 is 0 Å². The number of allylic oxidation sites excluding steroid dienone is 1. The van der Waals surface area contributed by atoms with Crippen molar-refractivity contribution in [3.05, 3.63) is 12.7 Å². The topological polar surface area (TPSA) is 0 Å². The van der Waals surface area contributed by atoms with Gasteiger partial charge in [0.1, 0.15) is 0 Å². The van der Waals surface area contributed by atoms with Gasteiger partial charge in [0.25, 0.3) is 0 Å².